The number of carbonyl (C=O) groups excluding carboxylic acids is 3. The first-order valence-corrected chi connectivity index (χ1v) is 21.4. The van der Waals surface area contributed by atoms with E-state index in [-0.39, 0.29) is 30.7 Å². The Morgan fingerprint density at radius 3 is 2.28 bits per heavy atom. The largest absolute Gasteiger partial charge is 0.484 e. The maximum Gasteiger partial charge on any atom is 0.257 e. The topological polar surface area (TPSA) is 140 Å². The van der Waals surface area contributed by atoms with Crippen molar-refractivity contribution in [2.75, 3.05) is 19.7 Å². The summed E-state index contributed by atoms with van der Waals surface area (Å²) in [5.74, 6) is 1.51. The summed E-state index contributed by atoms with van der Waals surface area (Å²) in [6.07, 6.45) is 6.94. The van der Waals surface area contributed by atoms with Crippen molar-refractivity contribution in [3.05, 3.63) is 146 Å². The van der Waals surface area contributed by atoms with Crippen LogP contribution in [0.4, 0.5) is 0 Å². The van der Waals surface area contributed by atoms with Gasteiger partial charge in [-0.3, -0.25) is 23.9 Å². The van der Waals surface area contributed by atoms with Gasteiger partial charge in [0, 0.05) is 46.7 Å². The molecule has 0 spiro atoms. The maximum atomic E-state index is 13.3. The van der Waals surface area contributed by atoms with Crippen LogP contribution in [-0.4, -0.2) is 57.9 Å². The lowest BCUT2D eigenvalue weighted by molar-refractivity contribution is -0.123. The highest BCUT2D eigenvalue weighted by molar-refractivity contribution is 7.15. The fourth-order valence-electron chi connectivity index (χ4n) is 7.07. The van der Waals surface area contributed by atoms with E-state index < -0.39 is 6.04 Å². The van der Waals surface area contributed by atoms with Crippen molar-refractivity contribution in [2.45, 2.75) is 65.5 Å². The number of benzene rings is 4. The van der Waals surface area contributed by atoms with Crippen molar-refractivity contribution < 1.29 is 19.1 Å². The van der Waals surface area contributed by atoms with E-state index in [1.165, 1.54) is 11.0 Å². The molecular weight excluding hydrogens is 794 g/mol. The highest BCUT2D eigenvalue weighted by Crippen LogP contribution is 2.39. The number of nitrogens with zero attached hydrogens (tertiary/aromatic N) is 4. The highest BCUT2D eigenvalue weighted by Gasteiger charge is 2.32. The lowest BCUT2D eigenvalue weighted by Crippen LogP contribution is -2.29. The van der Waals surface area contributed by atoms with Crippen LogP contribution in [0, 0.1) is 20.8 Å². The second-order valence-corrected chi connectivity index (χ2v) is 16.5. The summed E-state index contributed by atoms with van der Waals surface area (Å²) in [5, 5.41) is 21.7. The Labute approximate surface area is 358 Å². The zero-order valence-electron chi connectivity index (χ0n) is 34.0. The van der Waals surface area contributed by atoms with Crippen molar-refractivity contribution in [1.82, 2.24) is 30.7 Å². The number of aromatic nitrogens is 3. The molecule has 6 aromatic rings. The molecule has 1 atom stereocenters. The molecular formula is C47H48ClN7O4S. The monoisotopic (exact) mass is 841 g/mol. The van der Waals surface area contributed by atoms with Crippen molar-refractivity contribution in [1.29, 1.82) is 0 Å². The van der Waals surface area contributed by atoms with Crippen LogP contribution in [0.2, 0.25) is 5.02 Å². The van der Waals surface area contributed by atoms with Crippen molar-refractivity contribution in [2.24, 2.45) is 4.99 Å². The number of fused-ring (bicyclic) bond motifs is 4. The van der Waals surface area contributed by atoms with Gasteiger partial charge >= 0.3 is 0 Å². The standard InChI is InChI=1S/C47H48ClN7O4S/c1-30-31(2)60-47-44(30)45(36-17-19-38(48)20-18-36)52-40(46-54-53-32(3)55(46)47)27-42(57)49-24-8-4-5-9-25-50-43(58)29-59-39-21-13-34(14-22-39)28-51-41(56)23-15-33-12-16-35-10-6-7-11-37(35)26-33/h6-7,10-23,26,40H,4-5,8-9,24-25,27-29H2,1-3H3,(H,49,57)(H,50,58)(H,51,56)/b23-15+/t40-/m0/s1. The van der Waals surface area contributed by atoms with Gasteiger partial charge in [0.05, 0.1) is 12.1 Å². The molecule has 60 heavy (non-hydrogen) atoms. The number of carbonyl (C=O) groups is 3. The van der Waals surface area contributed by atoms with Gasteiger partial charge in [0.15, 0.2) is 12.4 Å². The molecule has 308 valence electrons. The van der Waals surface area contributed by atoms with Crippen LogP contribution in [0.3, 0.4) is 0 Å². The summed E-state index contributed by atoms with van der Waals surface area (Å²) in [7, 11) is 0. The molecule has 7 rings (SSSR count). The number of rotatable bonds is 17. The smallest absolute Gasteiger partial charge is 0.257 e. The van der Waals surface area contributed by atoms with E-state index >= 15 is 0 Å². The summed E-state index contributed by atoms with van der Waals surface area (Å²) in [6.45, 7) is 7.51. The Balaban J connectivity index is 0.783. The van der Waals surface area contributed by atoms with Crippen molar-refractivity contribution in [3.8, 4) is 10.8 Å². The average Bonchev–Trinajstić information content (AvgIpc) is 3.74. The van der Waals surface area contributed by atoms with E-state index in [0.29, 0.717) is 36.2 Å². The molecule has 11 nitrogen and oxygen atoms in total. The van der Waals surface area contributed by atoms with Crippen LogP contribution in [0.5, 0.6) is 5.75 Å². The zero-order valence-corrected chi connectivity index (χ0v) is 35.5. The van der Waals surface area contributed by atoms with Gasteiger partial charge in [0.2, 0.25) is 11.8 Å². The van der Waals surface area contributed by atoms with Gasteiger partial charge in [-0.15, -0.1) is 21.5 Å². The number of unbranched alkanes of at least 4 members (excludes halogenated alkanes) is 3. The van der Waals surface area contributed by atoms with Crippen molar-refractivity contribution >= 4 is 63.2 Å². The third-order valence-corrected chi connectivity index (χ3v) is 11.9. The summed E-state index contributed by atoms with van der Waals surface area (Å²) >= 11 is 7.91. The number of hydrogen-bond donors (Lipinski definition) is 3. The van der Waals surface area contributed by atoms with Gasteiger partial charge in [0.1, 0.15) is 22.6 Å². The molecule has 3 amide bonds. The second kappa shape index (κ2) is 19.8. The first-order chi connectivity index (χ1) is 29.1. The molecule has 0 bridgehead atoms. The molecule has 0 radical (unpaired) electrons. The first kappa shape index (κ1) is 42.0. The molecule has 2 aromatic heterocycles. The predicted octanol–water partition coefficient (Wildman–Crippen LogP) is 8.54. The van der Waals surface area contributed by atoms with E-state index in [1.807, 2.05) is 78.2 Å². The minimum atomic E-state index is -0.516. The van der Waals surface area contributed by atoms with Crippen LogP contribution >= 0.6 is 22.9 Å². The predicted molar refractivity (Wildman–Crippen MR) is 239 cm³/mol. The normalized spacial score (nSPS) is 13.3. The van der Waals surface area contributed by atoms with E-state index in [1.54, 1.807) is 29.5 Å². The number of ether oxygens (including phenoxy) is 1. The van der Waals surface area contributed by atoms with Crippen LogP contribution in [0.15, 0.2) is 102 Å². The Hall–Kier alpha value is -6.11. The zero-order chi connectivity index (χ0) is 42.0. The van der Waals surface area contributed by atoms with Gasteiger partial charge in [-0.1, -0.05) is 85.1 Å². The number of nitrogens with one attached hydrogen (secondary N) is 3. The van der Waals surface area contributed by atoms with Gasteiger partial charge < -0.3 is 20.7 Å². The van der Waals surface area contributed by atoms with Crippen molar-refractivity contribution in [3.63, 3.8) is 0 Å². The Kier molecular flexibility index (Phi) is 13.8. The number of amides is 3. The second-order valence-electron chi connectivity index (χ2n) is 14.8. The van der Waals surface area contributed by atoms with E-state index in [2.05, 4.69) is 52.1 Å². The molecule has 0 saturated heterocycles. The molecule has 0 saturated carbocycles. The Morgan fingerprint density at radius 2 is 1.53 bits per heavy atom. The van der Waals surface area contributed by atoms with Crippen LogP contribution < -0.4 is 20.7 Å². The summed E-state index contributed by atoms with van der Waals surface area (Å²) in [4.78, 5) is 44.4. The fourth-order valence-corrected chi connectivity index (χ4v) is 8.41. The minimum absolute atomic E-state index is 0.0860. The SMILES string of the molecule is Cc1sc2c(c1C)C(c1ccc(Cl)cc1)=N[C@@H](CC(=O)NCCCCCCNC(=O)COc1ccc(CNC(=O)/C=C/c3ccc4ccccc4c3)cc1)c1nnc(C)n1-2. The Bertz CT molecular complexity index is 2540. The number of halogens is 1. The van der Waals surface area contributed by atoms with Crippen LogP contribution in [-0.2, 0) is 20.9 Å². The Morgan fingerprint density at radius 1 is 0.817 bits per heavy atom. The number of hydrogen-bond acceptors (Lipinski definition) is 8. The van der Waals surface area contributed by atoms with E-state index in [4.69, 9.17) is 21.3 Å². The third-order valence-electron chi connectivity index (χ3n) is 10.4. The van der Waals surface area contributed by atoms with Gasteiger partial charge in [0.25, 0.3) is 5.91 Å². The molecule has 0 fully saturated rings. The third kappa shape index (κ3) is 10.5. The van der Waals surface area contributed by atoms with Crippen LogP contribution in [0.25, 0.3) is 21.8 Å². The summed E-state index contributed by atoms with van der Waals surface area (Å²) in [6, 6.07) is 28.6. The summed E-state index contributed by atoms with van der Waals surface area (Å²) in [5.41, 5.74) is 5.80. The van der Waals surface area contributed by atoms with E-state index in [0.717, 1.165) is 80.8 Å². The lowest BCUT2D eigenvalue weighted by atomic mass is 9.99. The molecule has 3 heterocycles. The molecule has 3 N–H and O–H groups in total. The maximum absolute atomic E-state index is 13.3. The quantitative estimate of drug-likeness (QED) is 0.0622. The van der Waals surface area contributed by atoms with E-state index in [9.17, 15) is 14.4 Å². The molecule has 4 aromatic carbocycles. The lowest BCUT2D eigenvalue weighted by Gasteiger charge is -2.13. The number of thiophene rings is 1. The first-order valence-electron chi connectivity index (χ1n) is 20.2. The fraction of sp³-hybridized carbons (Fsp3) is 0.277. The average molecular weight is 842 g/mol. The molecule has 1 aliphatic rings. The molecule has 0 unspecified atom stereocenters. The summed E-state index contributed by atoms with van der Waals surface area (Å²) < 4.78 is 7.71. The molecule has 0 aliphatic carbocycles. The highest BCUT2D eigenvalue weighted by atomic mass is 35.5. The number of aryl methyl sites for hydroxylation is 2. The molecule has 1 aliphatic heterocycles. The van der Waals surface area contributed by atoms with Gasteiger partial charge in [-0.05, 0) is 97.5 Å². The number of aliphatic imine (C=N–C) groups is 1. The van der Waals surface area contributed by atoms with Gasteiger partial charge in [-0.25, -0.2) is 0 Å². The van der Waals surface area contributed by atoms with Gasteiger partial charge in [-0.2, -0.15) is 0 Å². The minimum Gasteiger partial charge on any atom is -0.484 e. The van der Waals surface area contributed by atoms with Crippen LogP contribution in [0.1, 0.15) is 82.5 Å². The molecule has 13 heteroatoms.